The standard InChI is InChI=1S/C22H21F3O3/c1-13(2)4-10-17-19(27-3)11-7-15-12-18(21(26)28-20(15)17)14-5-8-16(9-6-14)22(23,24)25/h5-9,11-13H,4,10H2,1-3H3. The molecule has 0 saturated heterocycles. The van der Waals surface area contributed by atoms with Gasteiger partial charge in [0.15, 0.2) is 0 Å². The lowest BCUT2D eigenvalue weighted by Gasteiger charge is -2.13. The van der Waals surface area contributed by atoms with Crippen LogP contribution in [0.15, 0.2) is 51.7 Å². The topological polar surface area (TPSA) is 39.4 Å². The van der Waals surface area contributed by atoms with Crippen molar-refractivity contribution in [3.05, 3.63) is 64.0 Å². The number of benzene rings is 2. The summed E-state index contributed by atoms with van der Waals surface area (Å²) in [6.45, 7) is 4.22. The molecule has 0 radical (unpaired) electrons. The Kier molecular flexibility index (Phi) is 5.49. The van der Waals surface area contributed by atoms with Crippen LogP contribution in [0.4, 0.5) is 13.2 Å². The lowest BCUT2D eigenvalue weighted by atomic mass is 9.98. The first-order valence-corrected chi connectivity index (χ1v) is 9.02. The van der Waals surface area contributed by atoms with Crippen LogP contribution in [0.5, 0.6) is 5.75 Å². The molecule has 0 aliphatic carbocycles. The molecular formula is C22H21F3O3. The number of ether oxygens (including phenoxy) is 1. The highest BCUT2D eigenvalue weighted by Crippen LogP contribution is 2.33. The molecule has 0 fully saturated rings. The van der Waals surface area contributed by atoms with Gasteiger partial charge in [0.1, 0.15) is 11.3 Å². The SMILES string of the molecule is COc1ccc2cc(-c3ccc(C(F)(F)F)cc3)c(=O)oc2c1CCC(C)C. The summed E-state index contributed by atoms with van der Waals surface area (Å²) in [4.78, 5) is 12.6. The molecule has 0 amide bonds. The lowest BCUT2D eigenvalue weighted by Crippen LogP contribution is -2.07. The van der Waals surface area contributed by atoms with Gasteiger partial charge in [0.05, 0.1) is 18.2 Å². The van der Waals surface area contributed by atoms with Gasteiger partial charge in [-0.05, 0) is 54.7 Å². The van der Waals surface area contributed by atoms with Crippen LogP contribution in [0.1, 0.15) is 31.4 Å². The van der Waals surface area contributed by atoms with Crippen molar-refractivity contribution in [1.82, 2.24) is 0 Å². The second kappa shape index (κ2) is 7.70. The molecule has 0 unspecified atom stereocenters. The number of rotatable bonds is 5. The van der Waals surface area contributed by atoms with Gasteiger partial charge in [0, 0.05) is 10.9 Å². The number of methoxy groups -OCH3 is 1. The molecule has 1 aromatic heterocycles. The number of alkyl halides is 3. The van der Waals surface area contributed by atoms with Crippen LogP contribution in [0.2, 0.25) is 0 Å². The molecule has 6 heteroatoms. The third-order valence-electron chi connectivity index (χ3n) is 4.68. The first-order valence-electron chi connectivity index (χ1n) is 9.02. The summed E-state index contributed by atoms with van der Waals surface area (Å²) in [5, 5.41) is 0.703. The first-order chi connectivity index (χ1) is 13.2. The van der Waals surface area contributed by atoms with Crippen LogP contribution >= 0.6 is 0 Å². The van der Waals surface area contributed by atoms with E-state index >= 15 is 0 Å². The Morgan fingerprint density at radius 3 is 2.32 bits per heavy atom. The number of halogens is 3. The summed E-state index contributed by atoms with van der Waals surface area (Å²) < 4.78 is 49.3. The Hall–Kier alpha value is -2.76. The van der Waals surface area contributed by atoms with Crippen LogP contribution in [0, 0.1) is 5.92 Å². The Labute approximate surface area is 160 Å². The van der Waals surface area contributed by atoms with E-state index in [1.807, 2.05) is 6.07 Å². The maximum atomic E-state index is 12.8. The number of hydrogen-bond acceptors (Lipinski definition) is 3. The van der Waals surface area contributed by atoms with E-state index in [1.165, 1.54) is 12.1 Å². The summed E-state index contributed by atoms with van der Waals surface area (Å²) in [5.74, 6) is 1.12. The number of hydrogen-bond donors (Lipinski definition) is 0. The van der Waals surface area contributed by atoms with E-state index < -0.39 is 17.4 Å². The molecule has 3 nitrogen and oxygen atoms in total. The van der Waals surface area contributed by atoms with Crippen LogP contribution in [0.3, 0.4) is 0 Å². The average molecular weight is 390 g/mol. The molecule has 0 spiro atoms. The van der Waals surface area contributed by atoms with E-state index in [0.717, 1.165) is 24.1 Å². The number of aryl methyl sites for hydroxylation is 1. The fourth-order valence-corrected chi connectivity index (χ4v) is 3.13. The predicted molar refractivity (Wildman–Crippen MR) is 103 cm³/mol. The van der Waals surface area contributed by atoms with Crippen LogP contribution in [0.25, 0.3) is 22.1 Å². The van der Waals surface area contributed by atoms with Crippen molar-refractivity contribution in [3.63, 3.8) is 0 Å². The van der Waals surface area contributed by atoms with E-state index in [-0.39, 0.29) is 5.56 Å². The van der Waals surface area contributed by atoms with Gasteiger partial charge < -0.3 is 9.15 Å². The van der Waals surface area contributed by atoms with Crippen molar-refractivity contribution in [2.45, 2.75) is 32.9 Å². The molecule has 3 aromatic rings. The molecule has 2 aromatic carbocycles. The van der Waals surface area contributed by atoms with Crippen molar-refractivity contribution in [3.8, 4) is 16.9 Å². The van der Waals surface area contributed by atoms with Gasteiger partial charge in [0.2, 0.25) is 0 Å². The quantitative estimate of drug-likeness (QED) is 0.496. The van der Waals surface area contributed by atoms with Gasteiger partial charge in [-0.2, -0.15) is 13.2 Å². The fourth-order valence-electron chi connectivity index (χ4n) is 3.13. The van der Waals surface area contributed by atoms with Crippen LogP contribution < -0.4 is 10.4 Å². The molecule has 0 saturated carbocycles. The molecule has 0 atom stereocenters. The van der Waals surface area contributed by atoms with Crippen molar-refractivity contribution in [2.24, 2.45) is 5.92 Å². The van der Waals surface area contributed by atoms with E-state index in [2.05, 4.69) is 13.8 Å². The minimum Gasteiger partial charge on any atom is -0.496 e. The molecule has 0 aliphatic heterocycles. The Morgan fingerprint density at radius 1 is 1.07 bits per heavy atom. The van der Waals surface area contributed by atoms with Crippen molar-refractivity contribution >= 4 is 11.0 Å². The largest absolute Gasteiger partial charge is 0.496 e. The normalized spacial score (nSPS) is 12.0. The molecule has 0 N–H and O–H groups in total. The third-order valence-corrected chi connectivity index (χ3v) is 4.68. The van der Waals surface area contributed by atoms with Crippen LogP contribution in [-0.4, -0.2) is 7.11 Å². The molecule has 3 rings (SSSR count). The molecule has 1 heterocycles. The van der Waals surface area contributed by atoms with E-state index in [1.54, 1.807) is 19.2 Å². The summed E-state index contributed by atoms with van der Waals surface area (Å²) in [6, 6.07) is 9.73. The minimum atomic E-state index is -4.42. The van der Waals surface area contributed by atoms with Gasteiger partial charge in [-0.3, -0.25) is 0 Å². The van der Waals surface area contributed by atoms with Gasteiger partial charge in [-0.1, -0.05) is 26.0 Å². The van der Waals surface area contributed by atoms with Gasteiger partial charge in [-0.15, -0.1) is 0 Å². The maximum Gasteiger partial charge on any atom is 0.416 e. The summed E-state index contributed by atoms with van der Waals surface area (Å²) >= 11 is 0. The predicted octanol–water partition coefficient (Wildman–Crippen LogP) is 6.08. The molecule has 28 heavy (non-hydrogen) atoms. The Morgan fingerprint density at radius 2 is 1.75 bits per heavy atom. The smallest absolute Gasteiger partial charge is 0.416 e. The highest BCUT2D eigenvalue weighted by Gasteiger charge is 2.30. The highest BCUT2D eigenvalue weighted by atomic mass is 19.4. The molecule has 0 bridgehead atoms. The first kappa shape index (κ1) is 20.0. The minimum absolute atomic E-state index is 0.223. The summed E-state index contributed by atoms with van der Waals surface area (Å²) in [5.41, 5.74) is 0.531. The number of fused-ring (bicyclic) bond motifs is 1. The van der Waals surface area contributed by atoms with Gasteiger partial charge in [0.25, 0.3) is 0 Å². The molecule has 148 valence electrons. The monoisotopic (exact) mass is 390 g/mol. The molecule has 0 aliphatic rings. The van der Waals surface area contributed by atoms with Crippen molar-refractivity contribution in [2.75, 3.05) is 7.11 Å². The van der Waals surface area contributed by atoms with Gasteiger partial charge >= 0.3 is 11.8 Å². The van der Waals surface area contributed by atoms with Crippen molar-refractivity contribution < 1.29 is 22.3 Å². The fraction of sp³-hybridized carbons (Fsp3) is 0.318. The maximum absolute atomic E-state index is 12.8. The van der Waals surface area contributed by atoms with Crippen molar-refractivity contribution in [1.29, 1.82) is 0 Å². The second-order valence-corrected chi connectivity index (χ2v) is 7.12. The third kappa shape index (κ3) is 4.06. The lowest BCUT2D eigenvalue weighted by molar-refractivity contribution is -0.137. The van der Waals surface area contributed by atoms with E-state index in [4.69, 9.17) is 9.15 Å². The van der Waals surface area contributed by atoms with E-state index in [0.29, 0.717) is 34.6 Å². The van der Waals surface area contributed by atoms with Crippen LogP contribution in [-0.2, 0) is 12.6 Å². The zero-order chi connectivity index (χ0) is 20.5. The summed E-state index contributed by atoms with van der Waals surface area (Å²) in [7, 11) is 1.56. The molecular weight excluding hydrogens is 369 g/mol. The summed E-state index contributed by atoms with van der Waals surface area (Å²) in [6.07, 6.45) is -2.82. The average Bonchev–Trinajstić information content (AvgIpc) is 2.64. The highest BCUT2D eigenvalue weighted by molar-refractivity contribution is 5.86. The zero-order valence-corrected chi connectivity index (χ0v) is 15.9. The van der Waals surface area contributed by atoms with Gasteiger partial charge in [-0.25, -0.2) is 4.79 Å². The second-order valence-electron chi connectivity index (χ2n) is 7.12. The Bertz CT molecular complexity index is 1030. The Balaban J connectivity index is 2.09. The van der Waals surface area contributed by atoms with E-state index in [9.17, 15) is 18.0 Å². The zero-order valence-electron chi connectivity index (χ0n) is 15.9.